The van der Waals surface area contributed by atoms with Crippen LogP contribution in [0.2, 0.25) is 0 Å². The predicted molar refractivity (Wildman–Crippen MR) is 99.3 cm³/mol. The van der Waals surface area contributed by atoms with E-state index in [9.17, 15) is 0 Å². The van der Waals surface area contributed by atoms with Gasteiger partial charge in [-0.15, -0.1) is 0 Å². The van der Waals surface area contributed by atoms with Crippen LogP contribution in [0.5, 0.6) is 0 Å². The van der Waals surface area contributed by atoms with E-state index in [2.05, 4.69) is 53.8 Å². The fraction of sp³-hybridized carbons (Fsp3) is 0.316. The summed E-state index contributed by atoms with van der Waals surface area (Å²) in [5, 5.41) is 0. The lowest BCUT2D eigenvalue weighted by atomic mass is 10.3. The Kier molecular flexibility index (Phi) is 15.1. The van der Waals surface area contributed by atoms with E-state index in [1.165, 1.54) is 0 Å². The Morgan fingerprint density at radius 3 is 1.13 bits per heavy atom. The molecule has 0 radical (unpaired) electrons. The highest BCUT2D eigenvalue weighted by Gasteiger charge is 2.26. The van der Waals surface area contributed by atoms with Crippen molar-refractivity contribution >= 4 is 5.96 Å². The number of hydrogen-bond donors (Lipinski definition) is 0. The van der Waals surface area contributed by atoms with E-state index in [4.69, 9.17) is 0 Å². The molecule has 23 heavy (non-hydrogen) atoms. The first-order valence-corrected chi connectivity index (χ1v) is 7.47. The van der Waals surface area contributed by atoms with Crippen molar-refractivity contribution in [2.45, 2.75) is 0 Å². The minimum Gasteiger partial charge on any atom is -1.00 e. The van der Waals surface area contributed by atoms with Crippen LogP contribution >= 0.6 is 0 Å². The second-order valence-electron chi connectivity index (χ2n) is 4.75. The molecule has 0 aromatic heterocycles. The lowest BCUT2D eigenvalue weighted by molar-refractivity contribution is -0.517. The minimum absolute atomic E-state index is 0. The average Bonchev–Trinajstić information content (AvgIpc) is 2.49. The smallest absolute Gasteiger partial charge is 0.352 e. The molecule has 0 amide bonds. The highest BCUT2D eigenvalue weighted by atomic mass is 35.5. The summed E-state index contributed by atoms with van der Waals surface area (Å²) in [7, 11) is 0. The molecular formula is C19H30ClN3. The molecule has 0 heterocycles. The zero-order chi connectivity index (χ0) is 16.8. The monoisotopic (exact) mass is 335 g/mol. The molecule has 128 valence electrons. The molecular weight excluding hydrogens is 306 g/mol. The van der Waals surface area contributed by atoms with Crippen molar-refractivity contribution < 1.29 is 17.0 Å². The number of rotatable bonds is 12. The van der Waals surface area contributed by atoms with Gasteiger partial charge in [-0.3, -0.25) is 14.4 Å². The van der Waals surface area contributed by atoms with Gasteiger partial charge in [0.25, 0.3) is 0 Å². The Hall–Kier alpha value is -2.00. The van der Waals surface area contributed by atoms with Gasteiger partial charge in [-0.25, -0.2) is 0 Å². The van der Waals surface area contributed by atoms with Crippen LogP contribution in [0.3, 0.4) is 0 Å². The molecule has 3 nitrogen and oxygen atoms in total. The molecule has 0 saturated carbocycles. The lowest BCUT2D eigenvalue weighted by Crippen LogP contribution is -3.00. The largest absolute Gasteiger partial charge is 1.00 e. The standard InChI is InChI=1S/C19H30N3.ClH/c1-7-13-20(14-8-2)19(21(15-9-3)16-10-4)22(17-11-5)18-12-6;/h7-12H,1-6,13-18H2;1H/q+1;/p-1. The Morgan fingerprint density at radius 1 is 0.609 bits per heavy atom. The summed E-state index contributed by atoms with van der Waals surface area (Å²) in [4.78, 5) is 4.44. The Morgan fingerprint density at radius 2 is 0.913 bits per heavy atom. The summed E-state index contributed by atoms with van der Waals surface area (Å²) in [6.45, 7) is 27.6. The van der Waals surface area contributed by atoms with Gasteiger partial charge in [-0.2, -0.15) is 0 Å². The second-order valence-corrected chi connectivity index (χ2v) is 4.75. The first-order valence-electron chi connectivity index (χ1n) is 7.47. The first kappa shape index (κ1) is 23.3. The van der Waals surface area contributed by atoms with Gasteiger partial charge in [-0.1, -0.05) is 75.9 Å². The van der Waals surface area contributed by atoms with Crippen LogP contribution in [0.15, 0.2) is 75.9 Å². The van der Waals surface area contributed by atoms with E-state index in [0.29, 0.717) is 0 Å². The summed E-state index contributed by atoms with van der Waals surface area (Å²) >= 11 is 0. The molecule has 0 aliphatic heterocycles. The van der Waals surface area contributed by atoms with Crippen molar-refractivity contribution in [3.8, 4) is 0 Å². The maximum absolute atomic E-state index is 3.86. The molecule has 0 spiro atoms. The maximum Gasteiger partial charge on any atom is 0.352 e. The van der Waals surface area contributed by atoms with Gasteiger partial charge in [0.1, 0.15) is 0 Å². The summed E-state index contributed by atoms with van der Waals surface area (Å²) in [6, 6.07) is 0. The second kappa shape index (κ2) is 14.9. The quantitative estimate of drug-likeness (QED) is 0.216. The molecule has 0 N–H and O–H groups in total. The Bertz CT molecular complexity index is 380. The van der Waals surface area contributed by atoms with Crippen molar-refractivity contribution in [3.05, 3.63) is 75.9 Å². The molecule has 0 aliphatic carbocycles. The average molecular weight is 336 g/mol. The normalized spacial score (nSPS) is 8.87. The zero-order valence-corrected chi connectivity index (χ0v) is 14.9. The predicted octanol–water partition coefficient (Wildman–Crippen LogP) is 0.0789. The summed E-state index contributed by atoms with van der Waals surface area (Å²) < 4.78 is 2.22. The third-order valence-electron chi connectivity index (χ3n) is 2.95. The van der Waals surface area contributed by atoms with Crippen LogP contribution in [0.4, 0.5) is 0 Å². The Labute approximate surface area is 148 Å². The van der Waals surface area contributed by atoms with Crippen LogP contribution in [-0.4, -0.2) is 59.6 Å². The number of hydrogen-bond acceptors (Lipinski definition) is 0. The van der Waals surface area contributed by atoms with E-state index in [0.717, 1.165) is 45.2 Å². The van der Waals surface area contributed by atoms with Crippen molar-refractivity contribution in [1.82, 2.24) is 9.80 Å². The van der Waals surface area contributed by atoms with Gasteiger partial charge in [0.05, 0.1) is 39.3 Å². The molecule has 0 unspecified atom stereocenters. The van der Waals surface area contributed by atoms with Crippen molar-refractivity contribution in [1.29, 1.82) is 0 Å². The number of halogens is 1. The van der Waals surface area contributed by atoms with Crippen molar-refractivity contribution in [2.24, 2.45) is 0 Å². The molecule has 0 aromatic rings. The lowest BCUT2D eigenvalue weighted by Gasteiger charge is -2.28. The molecule has 0 aliphatic rings. The number of guanidine groups is 1. The van der Waals surface area contributed by atoms with Gasteiger partial charge in [0, 0.05) is 0 Å². The first-order chi connectivity index (χ1) is 10.7. The SMILES string of the molecule is C=CCN(CC=C)C(N(CC=C)CC=C)=[N+](CC=C)CC=C.[Cl-]. The van der Waals surface area contributed by atoms with Gasteiger partial charge in [-0.05, 0) is 0 Å². The molecule has 0 rings (SSSR count). The Balaban J connectivity index is 0. The van der Waals surface area contributed by atoms with Gasteiger partial charge in [0.2, 0.25) is 0 Å². The zero-order valence-electron chi connectivity index (χ0n) is 14.2. The van der Waals surface area contributed by atoms with Crippen LogP contribution in [0, 0.1) is 0 Å². The topological polar surface area (TPSA) is 9.49 Å². The maximum atomic E-state index is 3.86. The van der Waals surface area contributed by atoms with Gasteiger partial charge >= 0.3 is 5.96 Å². The van der Waals surface area contributed by atoms with E-state index in [-0.39, 0.29) is 12.4 Å². The van der Waals surface area contributed by atoms with Crippen LogP contribution in [-0.2, 0) is 0 Å². The third-order valence-corrected chi connectivity index (χ3v) is 2.95. The van der Waals surface area contributed by atoms with Crippen molar-refractivity contribution in [3.63, 3.8) is 0 Å². The van der Waals surface area contributed by atoms with Crippen LogP contribution < -0.4 is 12.4 Å². The molecule has 0 saturated heterocycles. The third kappa shape index (κ3) is 8.27. The molecule has 0 bridgehead atoms. The van der Waals surface area contributed by atoms with Gasteiger partial charge in [0.15, 0.2) is 0 Å². The van der Waals surface area contributed by atoms with E-state index < -0.39 is 0 Å². The molecule has 0 aromatic carbocycles. The van der Waals surface area contributed by atoms with E-state index in [1.807, 2.05) is 36.5 Å². The summed E-state index contributed by atoms with van der Waals surface area (Å²) in [5.41, 5.74) is 0. The van der Waals surface area contributed by atoms with E-state index >= 15 is 0 Å². The van der Waals surface area contributed by atoms with Crippen LogP contribution in [0.1, 0.15) is 0 Å². The number of nitrogens with zero attached hydrogens (tertiary/aromatic N) is 3. The fourth-order valence-electron chi connectivity index (χ4n) is 2.25. The van der Waals surface area contributed by atoms with Crippen molar-refractivity contribution in [2.75, 3.05) is 39.3 Å². The highest BCUT2D eigenvalue weighted by Crippen LogP contribution is 2.03. The summed E-state index contributed by atoms with van der Waals surface area (Å²) in [5.74, 6) is 1.08. The molecule has 4 heteroatoms. The van der Waals surface area contributed by atoms with Gasteiger partial charge < -0.3 is 12.4 Å². The van der Waals surface area contributed by atoms with Crippen LogP contribution in [0.25, 0.3) is 0 Å². The minimum atomic E-state index is 0. The van der Waals surface area contributed by atoms with E-state index in [1.54, 1.807) is 0 Å². The highest BCUT2D eigenvalue weighted by molar-refractivity contribution is 5.76. The molecule has 0 atom stereocenters. The molecule has 0 fully saturated rings. The summed E-state index contributed by atoms with van der Waals surface area (Å²) in [6.07, 6.45) is 11.4. The fourth-order valence-corrected chi connectivity index (χ4v) is 2.25.